The van der Waals surface area contributed by atoms with Gasteiger partial charge in [-0.2, -0.15) is 0 Å². The lowest BCUT2D eigenvalue weighted by molar-refractivity contribution is 0.600. The van der Waals surface area contributed by atoms with E-state index >= 15 is 0 Å². The zero-order valence-electron chi connectivity index (χ0n) is 10.4. The van der Waals surface area contributed by atoms with E-state index in [2.05, 4.69) is 6.92 Å². The van der Waals surface area contributed by atoms with Crippen LogP contribution in [0.2, 0.25) is 5.02 Å². The third-order valence-electron chi connectivity index (χ3n) is 2.68. The third kappa shape index (κ3) is 3.61. The van der Waals surface area contributed by atoms with Gasteiger partial charge >= 0.3 is 0 Å². The topological polar surface area (TPSA) is 37.4 Å². The van der Waals surface area contributed by atoms with Crippen molar-refractivity contribution in [3.05, 3.63) is 28.8 Å². The Morgan fingerprint density at radius 1 is 1.35 bits per heavy atom. The van der Waals surface area contributed by atoms with E-state index in [1.807, 2.05) is 12.1 Å². The molecule has 96 valence electrons. The van der Waals surface area contributed by atoms with Gasteiger partial charge < -0.3 is 0 Å². The third-order valence-corrected chi connectivity index (χ3v) is 4.16. The number of aryl methyl sites for hydroxylation is 1. The van der Waals surface area contributed by atoms with Gasteiger partial charge in [-0.3, -0.25) is 4.31 Å². The summed E-state index contributed by atoms with van der Waals surface area (Å²) in [7, 11) is -1.74. The van der Waals surface area contributed by atoms with Crippen molar-refractivity contribution in [1.29, 1.82) is 0 Å². The molecule has 1 aromatic rings. The Balaban J connectivity index is 3.20. The van der Waals surface area contributed by atoms with E-state index in [9.17, 15) is 8.42 Å². The van der Waals surface area contributed by atoms with Crippen LogP contribution in [0.15, 0.2) is 18.2 Å². The van der Waals surface area contributed by atoms with E-state index in [4.69, 9.17) is 11.6 Å². The molecule has 0 saturated heterocycles. The molecule has 0 N–H and O–H groups in total. The molecule has 0 fully saturated rings. The summed E-state index contributed by atoms with van der Waals surface area (Å²) in [5.41, 5.74) is 1.58. The van der Waals surface area contributed by atoms with Gasteiger partial charge in [-0.05, 0) is 24.5 Å². The SMILES string of the molecule is CCCCc1cccc(Cl)c1N(C)S(C)(=O)=O. The number of para-hydroxylation sites is 1. The largest absolute Gasteiger partial charge is 0.272 e. The summed E-state index contributed by atoms with van der Waals surface area (Å²) >= 11 is 6.10. The van der Waals surface area contributed by atoms with E-state index in [0.717, 1.165) is 24.8 Å². The Labute approximate surface area is 108 Å². The highest BCUT2D eigenvalue weighted by atomic mass is 35.5. The van der Waals surface area contributed by atoms with Gasteiger partial charge in [0.1, 0.15) is 0 Å². The predicted molar refractivity (Wildman–Crippen MR) is 73.3 cm³/mol. The van der Waals surface area contributed by atoms with E-state index in [-0.39, 0.29) is 0 Å². The zero-order valence-corrected chi connectivity index (χ0v) is 12.0. The van der Waals surface area contributed by atoms with Gasteiger partial charge in [-0.1, -0.05) is 37.1 Å². The van der Waals surface area contributed by atoms with Crippen LogP contribution in [0.3, 0.4) is 0 Å². The van der Waals surface area contributed by atoms with Crippen LogP contribution < -0.4 is 4.31 Å². The van der Waals surface area contributed by atoms with Gasteiger partial charge in [-0.25, -0.2) is 8.42 Å². The van der Waals surface area contributed by atoms with Crippen molar-refractivity contribution in [2.24, 2.45) is 0 Å². The maximum atomic E-state index is 11.6. The molecule has 0 saturated carbocycles. The first-order chi connectivity index (χ1) is 7.88. The Bertz CT molecular complexity index is 485. The van der Waals surface area contributed by atoms with Gasteiger partial charge in [-0.15, -0.1) is 0 Å². The molecule has 5 heteroatoms. The smallest absolute Gasteiger partial charge is 0.232 e. The van der Waals surface area contributed by atoms with Crippen LogP contribution in [0.1, 0.15) is 25.3 Å². The number of rotatable bonds is 5. The molecule has 0 bridgehead atoms. The van der Waals surface area contributed by atoms with E-state index in [0.29, 0.717) is 10.7 Å². The van der Waals surface area contributed by atoms with Crippen molar-refractivity contribution in [3.8, 4) is 0 Å². The van der Waals surface area contributed by atoms with Crippen LogP contribution in [-0.4, -0.2) is 21.7 Å². The average molecular weight is 276 g/mol. The second-order valence-corrected chi connectivity index (χ2v) is 6.50. The summed E-state index contributed by atoms with van der Waals surface area (Å²) in [6.45, 7) is 2.10. The Morgan fingerprint density at radius 2 is 2.00 bits per heavy atom. The van der Waals surface area contributed by atoms with Crippen LogP contribution in [-0.2, 0) is 16.4 Å². The molecule has 0 unspecified atom stereocenters. The second kappa shape index (κ2) is 5.74. The molecule has 1 rings (SSSR count). The molecular weight excluding hydrogens is 258 g/mol. The van der Waals surface area contributed by atoms with Crippen LogP contribution in [0.4, 0.5) is 5.69 Å². The first-order valence-corrected chi connectivity index (χ1v) is 7.81. The van der Waals surface area contributed by atoms with Gasteiger partial charge in [0.05, 0.1) is 17.0 Å². The highest BCUT2D eigenvalue weighted by molar-refractivity contribution is 7.92. The van der Waals surface area contributed by atoms with E-state index < -0.39 is 10.0 Å². The molecule has 0 aliphatic carbocycles. The lowest BCUT2D eigenvalue weighted by Crippen LogP contribution is -2.26. The van der Waals surface area contributed by atoms with Crippen LogP contribution >= 0.6 is 11.6 Å². The molecule has 3 nitrogen and oxygen atoms in total. The Morgan fingerprint density at radius 3 is 2.53 bits per heavy atom. The van der Waals surface area contributed by atoms with Crippen molar-refractivity contribution >= 4 is 27.3 Å². The molecule has 1 aromatic carbocycles. The van der Waals surface area contributed by atoms with Crippen LogP contribution in [0.25, 0.3) is 0 Å². The normalized spacial score (nSPS) is 11.5. The van der Waals surface area contributed by atoms with Gasteiger partial charge in [0.2, 0.25) is 10.0 Å². The fraction of sp³-hybridized carbons (Fsp3) is 0.500. The van der Waals surface area contributed by atoms with Crippen molar-refractivity contribution < 1.29 is 8.42 Å². The lowest BCUT2D eigenvalue weighted by Gasteiger charge is -2.21. The number of anilines is 1. The number of nitrogens with zero attached hydrogens (tertiary/aromatic N) is 1. The molecule has 17 heavy (non-hydrogen) atoms. The monoisotopic (exact) mass is 275 g/mol. The molecule has 0 aliphatic heterocycles. The first kappa shape index (κ1) is 14.3. The molecule has 0 radical (unpaired) electrons. The molecule has 0 aliphatic rings. The van der Waals surface area contributed by atoms with Crippen LogP contribution in [0.5, 0.6) is 0 Å². The summed E-state index contributed by atoms with van der Waals surface area (Å²) < 4.78 is 24.4. The fourth-order valence-corrected chi connectivity index (χ4v) is 2.57. The number of hydrogen-bond acceptors (Lipinski definition) is 2. The molecule has 0 aromatic heterocycles. The maximum Gasteiger partial charge on any atom is 0.232 e. The van der Waals surface area contributed by atoms with Gasteiger partial charge in [0.25, 0.3) is 0 Å². The molecule has 0 heterocycles. The number of hydrogen-bond donors (Lipinski definition) is 0. The fourth-order valence-electron chi connectivity index (χ4n) is 1.65. The van der Waals surface area contributed by atoms with Crippen molar-refractivity contribution in [3.63, 3.8) is 0 Å². The van der Waals surface area contributed by atoms with Crippen molar-refractivity contribution in [2.75, 3.05) is 17.6 Å². The number of halogens is 1. The quantitative estimate of drug-likeness (QED) is 0.828. The summed E-state index contributed by atoms with van der Waals surface area (Å²) in [4.78, 5) is 0. The second-order valence-electron chi connectivity index (χ2n) is 4.08. The van der Waals surface area contributed by atoms with Gasteiger partial charge in [0, 0.05) is 7.05 Å². The average Bonchev–Trinajstić information content (AvgIpc) is 2.24. The standard InChI is InChI=1S/C12H18ClNO2S/c1-4-5-7-10-8-6-9-11(13)12(10)14(2)17(3,15)16/h6,8-9H,4-5,7H2,1-3H3. The number of unbranched alkanes of at least 4 members (excludes halogenated alkanes) is 1. The van der Waals surface area contributed by atoms with Gasteiger partial charge in [0.15, 0.2) is 0 Å². The predicted octanol–water partition coefficient (Wildman–Crippen LogP) is 3.08. The molecule has 0 spiro atoms. The molecule has 0 atom stereocenters. The maximum absolute atomic E-state index is 11.6. The first-order valence-electron chi connectivity index (χ1n) is 5.59. The number of benzene rings is 1. The summed E-state index contributed by atoms with van der Waals surface area (Å²) in [6.07, 6.45) is 4.10. The summed E-state index contributed by atoms with van der Waals surface area (Å²) in [6, 6.07) is 5.50. The minimum atomic E-state index is -3.28. The zero-order chi connectivity index (χ0) is 13.1. The summed E-state index contributed by atoms with van der Waals surface area (Å²) in [5.74, 6) is 0. The minimum absolute atomic E-state index is 0.478. The lowest BCUT2D eigenvalue weighted by atomic mass is 10.1. The van der Waals surface area contributed by atoms with E-state index in [1.165, 1.54) is 17.6 Å². The molecule has 0 amide bonds. The van der Waals surface area contributed by atoms with Crippen molar-refractivity contribution in [1.82, 2.24) is 0 Å². The van der Waals surface area contributed by atoms with Crippen LogP contribution in [0, 0.1) is 0 Å². The highest BCUT2D eigenvalue weighted by Gasteiger charge is 2.18. The highest BCUT2D eigenvalue weighted by Crippen LogP contribution is 2.31. The minimum Gasteiger partial charge on any atom is -0.272 e. The number of sulfonamides is 1. The van der Waals surface area contributed by atoms with E-state index in [1.54, 1.807) is 6.07 Å². The Kier molecular flexibility index (Phi) is 4.83. The van der Waals surface area contributed by atoms with Crippen molar-refractivity contribution in [2.45, 2.75) is 26.2 Å². The summed E-state index contributed by atoms with van der Waals surface area (Å²) in [5, 5.41) is 0.478. The Hall–Kier alpha value is -0.740. The molecular formula is C12H18ClNO2S.